The number of hydrogen-bond acceptors (Lipinski definition) is 6. The quantitative estimate of drug-likeness (QED) is 0.377. The molecule has 0 saturated heterocycles. The van der Waals surface area contributed by atoms with Gasteiger partial charge in [-0.2, -0.15) is 5.10 Å². The summed E-state index contributed by atoms with van der Waals surface area (Å²) in [7, 11) is 3.52. The molecule has 3 rings (SSSR count). The largest absolute Gasteiger partial charge is 0.497 e. The number of carbonyl (C=O) groups is 1. The predicted molar refractivity (Wildman–Crippen MR) is 110 cm³/mol. The minimum Gasteiger partial charge on any atom is -0.497 e. The highest BCUT2D eigenvalue weighted by molar-refractivity contribution is 7.98. The number of benzene rings is 2. The van der Waals surface area contributed by atoms with Gasteiger partial charge in [0.15, 0.2) is 5.16 Å². The second-order valence-electron chi connectivity index (χ2n) is 6.08. The number of hydrogen-bond donors (Lipinski definition) is 1. The van der Waals surface area contributed by atoms with Crippen LogP contribution in [0.3, 0.4) is 0 Å². The van der Waals surface area contributed by atoms with Crippen LogP contribution in [0.25, 0.3) is 0 Å². The van der Waals surface area contributed by atoms with Crippen molar-refractivity contribution in [2.75, 3.05) is 7.11 Å². The van der Waals surface area contributed by atoms with Gasteiger partial charge >= 0.3 is 0 Å². The van der Waals surface area contributed by atoms with E-state index in [4.69, 9.17) is 4.74 Å². The maximum absolute atomic E-state index is 12.3. The zero-order valence-electron chi connectivity index (χ0n) is 15.9. The Bertz CT molecular complexity index is 982. The van der Waals surface area contributed by atoms with Crippen LogP contribution in [-0.2, 0) is 12.8 Å². The van der Waals surface area contributed by atoms with Crippen molar-refractivity contribution in [2.45, 2.75) is 17.8 Å². The number of ether oxygens (including phenoxy) is 1. The maximum atomic E-state index is 12.3. The molecule has 0 atom stereocenters. The summed E-state index contributed by atoms with van der Waals surface area (Å²) >= 11 is 1.59. The molecule has 1 amide bonds. The molecule has 1 heterocycles. The third-order valence-electron chi connectivity index (χ3n) is 4.07. The first-order valence-corrected chi connectivity index (χ1v) is 9.60. The third-order valence-corrected chi connectivity index (χ3v) is 5.17. The molecule has 2 aromatic carbocycles. The molecule has 0 spiro atoms. The van der Waals surface area contributed by atoms with Crippen LogP contribution in [0.2, 0.25) is 0 Å². The van der Waals surface area contributed by atoms with E-state index in [0.29, 0.717) is 11.3 Å². The number of nitrogens with zero attached hydrogens (tertiary/aromatic N) is 4. The van der Waals surface area contributed by atoms with Crippen LogP contribution in [0.4, 0.5) is 0 Å². The minimum absolute atomic E-state index is 0.255. The smallest absolute Gasteiger partial charge is 0.271 e. The van der Waals surface area contributed by atoms with E-state index in [0.717, 1.165) is 27.8 Å². The molecule has 28 heavy (non-hydrogen) atoms. The first kappa shape index (κ1) is 19.6. The molecule has 0 aliphatic carbocycles. The van der Waals surface area contributed by atoms with Crippen molar-refractivity contribution in [3.05, 3.63) is 71.5 Å². The molecule has 144 valence electrons. The minimum atomic E-state index is -0.255. The van der Waals surface area contributed by atoms with Gasteiger partial charge in [-0.05, 0) is 36.8 Å². The van der Waals surface area contributed by atoms with Gasteiger partial charge in [0.05, 0.1) is 12.8 Å². The summed E-state index contributed by atoms with van der Waals surface area (Å²) in [6.45, 7) is 1.84. The number of rotatable bonds is 7. The van der Waals surface area contributed by atoms with Gasteiger partial charge in [0.1, 0.15) is 12.1 Å². The number of nitrogens with one attached hydrogen (secondary N) is 1. The number of methoxy groups -OCH3 is 1. The highest BCUT2D eigenvalue weighted by atomic mass is 32.2. The molecule has 0 unspecified atom stereocenters. The van der Waals surface area contributed by atoms with Crippen molar-refractivity contribution in [2.24, 2.45) is 12.1 Å². The van der Waals surface area contributed by atoms with Gasteiger partial charge in [-0.25, -0.2) is 5.43 Å². The molecule has 0 radical (unpaired) electrons. The second-order valence-corrected chi connectivity index (χ2v) is 7.02. The lowest BCUT2D eigenvalue weighted by molar-refractivity contribution is 0.0955. The van der Waals surface area contributed by atoms with Crippen LogP contribution in [0.15, 0.2) is 65.1 Å². The third kappa shape index (κ3) is 4.98. The Kier molecular flexibility index (Phi) is 6.44. The van der Waals surface area contributed by atoms with Gasteiger partial charge in [-0.15, -0.1) is 10.2 Å². The molecule has 0 bridgehead atoms. The first-order valence-electron chi connectivity index (χ1n) is 8.61. The Morgan fingerprint density at radius 3 is 2.68 bits per heavy atom. The van der Waals surface area contributed by atoms with Crippen molar-refractivity contribution >= 4 is 23.4 Å². The molecule has 3 aromatic rings. The van der Waals surface area contributed by atoms with Gasteiger partial charge in [-0.3, -0.25) is 4.79 Å². The lowest BCUT2D eigenvalue weighted by Crippen LogP contribution is -2.19. The van der Waals surface area contributed by atoms with Gasteiger partial charge < -0.3 is 9.30 Å². The van der Waals surface area contributed by atoms with E-state index in [1.165, 1.54) is 0 Å². The zero-order valence-corrected chi connectivity index (χ0v) is 16.7. The Labute approximate surface area is 167 Å². The van der Waals surface area contributed by atoms with E-state index >= 15 is 0 Å². The molecule has 0 aliphatic rings. The Hall–Kier alpha value is -3.13. The summed E-state index contributed by atoms with van der Waals surface area (Å²) in [4.78, 5) is 12.3. The predicted octanol–water partition coefficient (Wildman–Crippen LogP) is 3.27. The zero-order chi connectivity index (χ0) is 19.9. The number of carbonyl (C=O) groups excluding carboxylic acids is 1. The Morgan fingerprint density at radius 2 is 2.00 bits per heavy atom. The molecule has 1 N–H and O–H groups in total. The molecular formula is C20H21N5O2S. The summed E-state index contributed by atoms with van der Waals surface area (Å²) in [5.74, 6) is 1.24. The fourth-order valence-corrected chi connectivity index (χ4v) is 3.26. The van der Waals surface area contributed by atoms with Crippen LogP contribution >= 0.6 is 11.8 Å². The normalized spacial score (nSPS) is 11.3. The summed E-state index contributed by atoms with van der Waals surface area (Å²) in [6.07, 6.45) is 1.67. The summed E-state index contributed by atoms with van der Waals surface area (Å²) < 4.78 is 7.08. The molecule has 1 aromatic heterocycles. The lowest BCUT2D eigenvalue weighted by atomic mass is 10.1. The van der Waals surface area contributed by atoms with E-state index < -0.39 is 0 Å². The highest BCUT2D eigenvalue weighted by Gasteiger charge is 2.07. The fraction of sp³-hybridized carbons (Fsp3) is 0.200. The van der Waals surface area contributed by atoms with Gasteiger partial charge in [0.2, 0.25) is 0 Å². The van der Waals surface area contributed by atoms with Gasteiger partial charge in [-0.1, -0.05) is 36.0 Å². The molecule has 7 nitrogen and oxygen atoms in total. The number of amides is 1. The number of aromatic nitrogens is 3. The number of thioether (sulfide) groups is 1. The first-order chi connectivity index (χ1) is 13.6. The van der Waals surface area contributed by atoms with Crippen molar-refractivity contribution in [1.82, 2.24) is 20.2 Å². The van der Waals surface area contributed by atoms with E-state index in [-0.39, 0.29) is 5.91 Å². The second kappa shape index (κ2) is 9.18. The average Bonchev–Trinajstić information content (AvgIpc) is 3.15. The van der Waals surface area contributed by atoms with E-state index in [1.54, 1.807) is 37.3 Å². The van der Waals surface area contributed by atoms with Crippen molar-refractivity contribution < 1.29 is 9.53 Å². The SMILES string of the molecule is COc1cccc(/C(C)=N/NC(=O)c2ccc(CSc3nncn3C)cc2)c1. The fourth-order valence-electron chi connectivity index (χ4n) is 2.42. The van der Waals surface area contributed by atoms with E-state index in [2.05, 4.69) is 20.7 Å². The molecule has 0 fully saturated rings. The standard InChI is InChI=1S/C20H21N5O2S/c1-14(17-5-4-6-18(11-17)27-3)22-23-19(26)16-9-7-15(8-10-16)12-28-20-24-21-13-25(20)2/h4-11,13H,12H2,1-3H3,(H,23,26)/b22-14+. The molecule has 0 saturated carbocycles. The number of hydrazone groups is 1. The van der Waals surface area contributed by atoms with Crippen LogP contribution in [-0.4, -0.2) is 33.5 Å². The summed E-state index contributed by atoms with van der Waals surface area (Å²) in [6, 6.07) is 15.0. The summed E-state index contributed by atoms with van der Waals surface area (Å²) in [5, 5.41) is 12.9. The molecular weight excluding hydrogens is 374 g/mol. The molecule has 8 heteroatoms. The maximum Gasteiger partial charge on any atom is 0.271 e. The Morgan fingerprint density at radius 1 is 1.21 bits per heavy atom. The van der Waals surface area contributed by atoms with Crippen molar-refractivity contribution in [3.8, 4) is 5.75 Å². The van der Waals surface area contributed by atoms with Gasteiger partial charge in [0, 0.05) is 23.9 Å². The Balaban J connectivity index is 1.58. The van der Waals surface area contributed by atoms with Gasteiger partial charge in [0.25, 0.3) is 5.91 Å². The summed E-state index contributed by atoms with van der Waals surface area (Å²) in [5.41, 5.74) is 5.83. The van der Waals surface area contributed by atoms with Crippen LogP contribution in [0.5, 0.6) is 5.75 Å². The van der Waals surface area contributed by atoms with Crippen LogP contribution in [0, 0.1) is 0 Å². The monoisotopic (exact) mass is 395 g/mol. The van der Waals surface area contributed by atoms with Crippen LogP contribution in [0.1, 0.15) is 28.4 Å². The molecule has 0 aliphatic heterocycles. The van der Waals surface area contributed by atoms with Crippen molar-refractivity contribution in [3.63, 3.8) is 0 Å². The highest BCUT2D eigenvalue weighted by Crippen LogP contribution is 2.20. The number of aryl methyl sites for hydroxylation is 1. The average molecular weight is 395 g/mol. The van der Waals surface area contributed by atoms with Crippen molar-refractivity contribution in [1.29, 1.82) is 0 Å². The van der Waals surface area contributed by atoms with Crippen LogP contribution < -0.4 is 10.2 Å². The van der Waals surface area contributed by atoms with E-state index in [1.807, 2.05) is 54.9 Å². The van der Waals surface area contributed by atoms with E-state index in [9.17, 15) is 4.79 Å². The topological polar surface area (TPSA) is 81.4 Å². The lowest BCUT2D eigenvalue weighted by Gasteiger charge is -2.06.